The Hall–Kier alpha value is -1.88. The largest absolute Gasteiger partial charge is 0.399 e. The Morgan fingerprint density at radius 1 is 1.42 bits per heavy atom. The molecule has 0 fully saturated rings. The molecular formula is C14H20N2O3. The maximum atomic E-state index is 12.5. The molecule has 2 amide bonds. The molecule has 1 rings (SSSR count). The minimum atomic E-state index is -1.03. The molecule has 0 saturated heterocycles. The van der Waals surface area contributed by atoms with E-state index < -0.39 is 11.5 Å². The third kappa shape index (κ3) is 3.12. The van der Waals surface area contributed by atoms with Crippen molar-refractivity contribution in [2.24, 2.45) is 0 Å². The van der Waals surface area contributed by atoms with Crippen LogP contribution in [0.15, 0.2) is 24.3 Å². The molecule has 0 aliphatic rings. The number of nitrogens with two attached hydrogens (primary N) is 1. The normalized spacial score (nSPS) is 13.7. The van der Waals surface area contributed by atoms with E-state index in [1.54, 1.807) is 31.2 Å². The molecule has 0 aromatic heterocycles. The lowest BCUT2D eigenvalue weighted by Gasteiger charge is -2.31. The van der Waals surface area contributed by atoms with Crippen LogP contribution < -0.4 is 10.6 Å². The molecule has 0 aliphatic heterocycles. The number of carbonyl (C=O) groups is 2. The maximum Gasteiger partial charge on any atom is 0.265 e. The van der Waals surface area contributed by atoms with Gasteiger partial charge in [0.2, 0.25) is 5.91 Å². The zero-order valence-corrected chi connectivity index (χ0v) is 11.8. The number of hydrogen-bond acceptors (Lipinski definition) is 4. The van der Waals surface area contributed by atoms with Crippen LogP contribution in [-0.4, -0.2) is 24.5 Å². The number of methoxy groups -OCH3 is 1. The van der Waals surface area contributed by atoms with E-state index in [0.29, 0.717) is 17.8 Å². The summed E-state index contributed by atoms with van der Waals surface area (Å²) in [5, 5.41) is 0. The van der Waals surface area contributed by atoms with Crippen molar-refractivity contribution in [2.75, 3.05) is 17.7 Å². The smallest absolute Gasteiger partial charge is 0.265 e. The second-order valence-electron chi connectivity index (χ2n) is 4.54. The Morgan fingerprint density at radius 3 is 2.47 bits per heavy atom. The number of amides is 2. The second kappa shape index (κ2) is 5.84. The second-order valence-corrected chi connectivity index (χ2v) is 4.54. The molecule has 104 valence electrons. The fourth-order valence-corrected chi connectivity index (χ4v) is 1.73. The van der Waals surface area contributed by atoms with E-state index in [1.165, 1.54) is 14.0 Å². The zero-order valence-electron chi connectivity index (χ0n) is 11.8. The van der Waals surface area contributed by atoms with Gasteiger partial charge >= 0.3 is 0 Å². The van der Waals surface area contributed by atoms with Gasteiger partial charge in [-0.25, -0.2) is 4.90 Å². The molecule has 0 aliphatic carbocycles. The van der Waals surface area contributed by atoms with Crippen LogP contribution in [0.5, 0.6) is 0 Å². The van der Waals surface area contributed by atoms with Gasteiger partial charge in [-0.15, -0.1) is 0 Å². The lowest BCUT2D eigenvalue weighted by Crippen LogP contribution is -2.50. The van der Waals surface area contributed by atoms with Gasteiger partial charge in [-0.05, 0) is 31.5 Å². The van der Waals surface area contributed by atoms with Crippen LogP contribution in [0, 0.1) is 0 Å². The van der Waals surface area contributed by atoms with Crippen molar-refractivity contribution in [1.29, 1.82) is 0 Å². The number of anilines is 2. The highest BCUT2D eigenvalue weighted by atomic mass is 16.5. The van der Waals surface area contributed by atoms with E-state index >= 15 is 0 Å². The number of ether oxygens (including phenoxy) is 1. The Bertz CT molecular complexity index is 481. The molecule has 0 bridgehead atoms. The van der Waals surface area contributed by atoms with E-state index in [4.69, 9.17) is 10.5 Å². The fourth-order valence-electron chi connectivity index (χ4n) is 1.73. The van der Waals surface area contributed by atoms with Crippen molar-refractivity contribution in [3.63, 3.8) is 0 Å². The summed E-state index contributed by atoms with van der Waals surface area (Å²) < 4.78 is 5.26. The van der Waals surface area contributed by atoms with E-state index in [1.807, 2.05) is 6.92 Å². The number of hydrogen-bond donors (Lipinski definition) is 1. The highest BCUT2D eigenvalue weighted by Crippen LogP contribution is 2.24. The van der Waals surface area contributed by atoms with E-state index in [-0.39, 0.29) is 5.91 Å². The summed E-state index contributed by atoms with van der Waals surface area (Å²) >= 11 is 0. The van der Waals surface area contributed by atoms with Crippen molar-refractivity contribution in [2.45, 2.75) is 32.8 Å². The lowest BCUT2D eigenvalue weighted by molar-refractivity contribution is -0.141. The van der Waals surface area contributed by atoms with Crippen LogP contribution in [-0.2, 0) is 14.3 Å². The molecule has 1 aromatic carbocycles. The van der Waals surface area contributed by atoms with E-state index in [0.717, 1.165) is 4.90 Å². The average molecular weight is 264 g/mol. The number of imide groups is 1. The minimum Gasteiger partial charge on any atom is -0.399 e. The predicted octanol–water partition coefficient (Wildman–Crippen LogP) is 1.96. The summed E-state index contributed by atoms with van der Waals surface area (Å²) in [6.45, 7) is 4.84. The molecular weight excluding hydrogens is 244 g/mol. The monoisotopic (exact) mass is 264 g/mol. The van der Waals surface area contributed by atoms with Crippen molar-refractivity contribution >= 4 is 23.2 Å². The van der Waals surface area contributed by atoms with Gasteiger partial charge in [0, 0.05) is 19.7 Å². The molecule has 1 aromatic rings. The number of rotatable bonds is 4. The SMILES string of the molecule is CCC(C)(OC)C(=O)N(C(C)=O)c1cccc(N)c1. The van der Waals surface area contributed by atoms with Gasteiger partial charge in [-0.1, -0.05) is 13.0 Å². The van der Waals surface area contributed by atoms with Crippen molar-refractivity contribution in [3.8, 4) is 0 Å². The first-order chi connectivity index (χ1) is 8.85. The van der Waals surface area contributed by atoms with Gasteiger partial charge in [0.05, 0.1) is 5.69 Å². The van der Waals surface area contributed by atoms with Gasteiger partial charge in [0.15, 0.2) is 0 Å². The van der Waals surface area contributed by atoms with Crippen LogP contribution in [0.1, 0.15) is 27.2 Å². The highest BCUT2D eigenvalue weighted by Gasteiger charge is 2.37. The average Bonchev–Trinajstić information content (AvgIpc) is 2.37. The molecule has 1 atom stereocenters. The van der Waals surface area contributed by atoms with Gasteiger partial charge < -0.3 is 10.5 Å². The maximum absolute atomic E-state index is 12.5. The van der Waals surface area contributed by atoms with Crippen LogP contribution in [0.4, 0.5) is 11.4 Å². The summed E-state index contributed by atoms with van der Waals surface area (Å²) in [6.07, 6.45) is 0.467. The van der Waals surface area contributed by atoms with Crippen LogP contribution in [0.25, 0.3) is 0 Å². The first kappa shape index (κ1) is 15.2. The number of nitrogens with zero attached hydrogens (tertiary/aromatic N) is 1. The lowest BCUT2D eigenvalue weighted by atomic mass is 10.0. The van der Waals surface area contributed by atoms with Crippen LogP contribution >= 0.6 is 0 Å². The van der Waals surface area contributed by atoms with Gasteiger partial charge in [0.25, 0.3) is 5.91 Å². The number of carbonyl (C=O) groups excluding carboxylic acids is 2. The summed E-state index contributed by atoms with van der Waals surface area (Å²) in [7, 11) is 1.46. The standard InChI is InChI=1S/C14H20N2O3/c1-5-14(3,19-4)13(18)16(10(2)17)12-8-6-7-11(15)9-12/h6-9H,5,15H2,1-4H3. The van der Waals surface area contributed by atoms with Crippen molar-refractivity contribution < 1.29 is 14.3 Å². The van der Waals surface area contributed by atoms with Crippen LogP contribution in [0.2, 0.25) is 0 Å². The van der Waals surface area contributed by atoms with E-state index in [9.17, 15) is 9.59 Å². The van der Waals surface area contributed by atoms with Gasteiger partial charge in [-0.3, -0.25) is 9.59 Å². The summed E-state index contributed by atoms with van der Waals surface area (Å²) in [6, 6.07) is 6.65. The molecule has 5 heteroatoms. The van der Waals surface area contributed by atoms with Crippen molar-refractivity contribution in [3.05, 3.63) is 24.3 Å². The molecule has 1 unspecified atom stereocenters. The topological polar surface area (TPSA) is 72.6 Å². The predicted molar refractivity (Wildman–Crippen MR) is 74.7 cm³/mol. The quantitative estimate of drug-likeness (QED) is 0.844. The summed E-state index contributed by atoms with van der Waals surface area (Å²) in [5.41, 5.74) is 5.60. The fraction of sp³-hybridized carbons (Fsp3) is 0.429. The molecule has 0 heterocycles. The number of benzene rings is 1. The Balaban J connectivity index is 3.23. The van der Waals surface area contributed by atoms with Crippen molar-refractivity contribution in [1.82, 2.24) is 0 Å². The van der Waals surface area contributed by atoms with Gasteiger partial charge in [-0.2, -0.15) is 0 Å². The highest BCUT2D eigenvalue weighted by molar-refractivity contribution is 6.17. The first-order valence-electron chi connectivity index (χ1n) is 6.11. The Labute approximate surface area is 113 Å². The van der Waals surface area contributed by atoms with Gasteiger partial charge in [0.1, 0.15) is 5.60 Å². The first-order valence-corrected chi connectivity index (χ1v) is 6.11. The van der Waals surface area contributed by atoms with Crippen LogP contribution in [0.3, 0.4) is 0 Å². The Kier molecular flexibility index (Phi) is 4.67. The minimum absolute atomic E-state index is 0.368. The zero-order chi connectivity index (χ0) is 14.6. The third-order valence-electron chi connectivity index (χ3n) is 3.22. The molecule has 5 nitrogen and oxygen atoms in total. The molecule has 0 spiro atoms. The molecule has 2 N–H and O–H groups in total. The summed E-state index contributed by atoms with van der Waals surface area (Å²) in [4.78, 5) is 25.4. The number of nitrogen functional groups attached to an aromatic ring is 1. The molecule has 0 radical (unpaired) electrons. The Morgan fingerprint density at radius 2 is 2.05 bits per heavy atom. The summed E-state index contributed by atoms with van der Waals surface area (Å²) in [5.74, 6) is -0.761. The molecule has 0 saturated carbocycles. The molecule has 19 heavy (non-hydrogen) atoms. The third-order valence-corrected chi connectivity index (χ3v) is 3.22. The van der Waals surface area contributed by atoms with E-state index in [2.05, 4.69) is 0 Å².